The van der Waals surface area contributed by atoms with Gasteiger partial charge in [0.15, 0.2) is 0 Å². The van der Waals surface area contributed by atoms with Crippen LogP contribution in [-0.4, -0.2) is 31.6 Å². The summed E-state index contributed by atoms with van der Waals surface area (Å²) in [6.45, 7) is 6.78. The first-order chi connectivity index (χ1) is 12.1. The van der Waals surface area contributed by atoms with E-state index in [-0.39, 0.29) is 11.8 Å². The fourth-order valence-electron chi connectivity index (χ4n) is 4.76. The Morgan fingerprint density at radius 3 is 2.64 bits per heavy atom. The van der Waals surface area contributed by atoms with Crippen molar-refractivity contribution in [1.29, 1.82) is 0 Å². The molecule has 0 saturated heterocycles. The van der Waals surface area contributed by atoms with Crippen LogP contribution in [-0.2, 0) is 4.79 Å². The summed E-state index contributed by atoms with van der Waals surface area (Å²) < 4.78 is 0. The zero-order valence-electron chi connectivity index (χ0n) is 15.7. The van der Waals surface area contributed by atoms with Crippen molar-refractivity contribution in [2.24, 2.45) is 23.5 Å². The second-order valence-corrected chi connectivity index (χ2v) is 7.91. The molecule has 0 aromatic heterocycles. The van der Waals surface area contributed by atoms with E-state index in [0.717, 1.165) is 25.9 Å². The van der Waals surface area contributed by atoms with Crippen molar-refractivity contribution in [3.8, 4) is 0 Å². The van der Waals surface area contributed by atoms with Crippen molar-refractivity contribution < 1.29 is 4.79 Å². The minimum absolute atomic E-state index is 0.171. The number of anilines is 1. The summed E-state index contributed by atoms with van der Waals surface area (Å²) in [5, 5.41) is 3.18. The molecule has 3 N–H and O–H groups in total. The first kappa shape index (κ1) is 18.2. The molecule has 1 aromatic carbocycles. The molecule has 138 valence electrons. The molecular weight excluding hydrogens is 310 g/mol. The Morgan fingerprint density at radius 1 is 1.28 bits per heavy atom. The summed E-state index contributed by atoms with van der Waals surface area (Å²) in [7, 11) is 0. The van der Waals surface area contributed by atoms with Gasteiger partial charge < -0.3 is 16.0 Å². The third-order valence-electron chi connectivity index (χ3n) is 6.21. The molecule has 2 saturated carbocycles. The van der Waals surface area contributed by atoms with E-state index in [9.17, 15) is 4.79 Å². The Bertz CT molecular complexity index is 574. The van der Waals surface area contributed by atoms with Crippen LogP contribution in [0.5, 0.6) is 0 Å². The van der Waals surface area contributed by atoms with Crippen LogP contribution in [0.4, 0.5) is 5.69 Å². The van der Waals surface area contributed by atoms with E-state index < -0.39 is 0 Å². The maximum Gasteiger partial charge on any atom is 0.223 e. The molecule has 3 rings (SSSR count). The van der Waals surface area contributed by atoms with Crippen LogP contribution in [0.3, 0.4) is 0 Å². The van der Waals surface area contributed by atoms with Crippen LogP contribution < -0.4 is 16.0 Å². The highest BCUT2D eigenvalue weighted by Gasteiger charge is 2.40. The van der Waals surface area contributed by atoms with Gasteiger partial charge in [-0.15, -0.1) is 0 Å². The minimum atomic E-state index is 0.171. The summed E-state index contributed by atoms with van der Waals surface area (Å²) in [4.78, 5) is 14.9. The predicted molar refractivity (Wildman–Crippen MR) is 104 cm³/mol. The van der Waals surface area contributed by atoms with Gasteiger partial charge in [-0.1, -0.05) is 18.6 Å². The fourth-order valence-corrected chi connectivity index (χ4v) is 4.76. The third-order valence-corrected chi connectivity index (χ3v) is 6.21. The largest absolute Gasteiger partial charge is 0.370 e. The molecule has 2 bridgehead atoms. The van der Waals surface area contributed by atoms with Gasteiger partial charge in [0.2, 0.25) is 5.91 Å². The van der Waals surface area contributed by atoms with Crippen molar-refractivity contribution in [2.45, 2.75) is 52.0 Å². The molecule has 0 spiro atoms. The minimum Gasteiger partial charge on any atom is -0.370 e. The highest BCUT2D eigenvalue weighted by molar-refractivity contribution is 5.78. The van der Waals surface area contributed by atoms with Crippen molar-refractivity contribution >= 4 is 11.6 Å². The zero-order chi connectivity index (χ0) is 17.8. The van der Waals surface area contributed by atoms with Crippen LogP contribution in [0.2, 0.25) is 0 Å². The Kier molecular flexibility index (Phi) is 6.00. The predicted octanol–water partition coefficient (Wildman–Crippen LogP) is 3.09. The smallest absolute Gasteiger partial charge is 0.223 e. The number of nitrogens with two attached hydrogens (primary N) is 1. The number of benzene rings is 1. The quantitative estimate of drug-likeness (QED) is 0.834. The van der Waals surface area contributed by atoms with E-state index >= 15 is 0 Å². The maximum absolute atomic E-state index is 12.6. The second kappa shape index (κ2) is 8.22. The van der Waals surface area contributed by atoms with Crippen molar-refractivity contribution in [3.63, 3.8) is 0 Å². The SMILES string of the molecule is CCN(CCNC(=O)C1CC2CCCC(C1)C2N)c1cccc(C)c1. The lowest BCUT2D eigenvalue weighted by Gasteiger charge is -2.43. The number of aryl methyl sites for hydroxylation is 1. The first-order valence-electron chi connectivity index (χ1n) is 9.93. The van der Waals surface area contributed by atoms with Gasteiger partial charge in [-0.05, 0) is 69.1 Å². The number of carbonyl (C=O) groups is 1. The van der Waals surface area contributed by atoms with Gasteiger partial charge >= 0.3 is 0 Å². The monoisotopic (exact) mass is 343 g/mol. The van der Waals surface area contributed by atoms with E-state index in [4.69, 9.17) is 5.73 Å². The number of hydrogen-bond donors (Lipinski definition) is 2. The molecule has 2 unspecified atom stereocenters. The third kappa shape index (κ3) is 4.35. The molecule has 1 amide bonds. The number of hydrogen-bond acceptors (Lipinski definition) is 3. The molecule has 4 heteroatoms. The fraction of sp³-hybridized carbons (Fsp3) is 0.667. The van der Waals surface area contributed by atoms with Crippen LogP contribution in [0.25, 0.3) is 0 Å². The average Bonchev–Trinajstić information content (AvgIpc) is 2.58. The van der Waals surface area contributed by atoms with Crippen LogP contribution in [0.15, 0.2) is 24.3 Å². The second-order valence-electron chi connectivity index (χ2n) is 7.91. The Balaban J connectivity index is 1.49. The maximum atomic E-state index is 12.6. The number of nitrogens with zero attached hydrogens (tertiary/aromatic N) is 1. The number of fused-ring (bicyclic) bond motifs is 2. The van der Waals surface area contributed by atoms with E-state index in [1.54, 1.807) is 0 Å². The molecule has 1 aromatic rings. The number of carbonyl (C=O) groups excluding carboxylic acids is 1. The number of rotatable bonds is 6. The van der Waals surface area contributed by atoms with Gasteiger partial charge in [0.1, 0.15) is 0 Å². The zero-order valence-corrected chi connectivity index (χ0v) is 15.7. The summed E-state index contributed by atoms with van der Waals surface area (Å²) >= 11 is 0. The summed E-state index contributed by atoms with van der Waals surface area (Å²) in [6.07, 6.45) is 5.67. The molecule has 2 atom stereocenters. The lowest BCUT2D eigenvalue weighted by molar-refractivity contribution is -0.127. The van der Waals surface area contributed by atoms with Gasteiger partial charge in [-0.3, -0.25) is 4.79 Å². The Morgan fingerprint density at radius 2 is 2.00 bits per heavy atom. The topological polar surface area (TPSA) is 58.4 Å². The molecule has 0 radical (unpaired) electrons. The average molecular weight is 344 g/mol. The Hall–Kier alpha value is -1.55. The lowest BCUT2D eigenvalue weighted by atomic mass is 9.65. The molecule has 0 aliphatic heterocycles. The van der Waals surface area contributed by atoms with Gasteiger partial charge in [0.05, 0.1) is 0 Å². The molecule has 2 fully saturated rings. The van der Waals surface area contributed by atoms with E-state index in [1.165, 1.54) is 30.5 Å². The van der Waals surface area contributed by atoms with Crippen LogP contribution >= 0.6 is 0 Å². The van der Waals surface area contributed by atoms with E-state index in [2.05, 4.69) is 48.3 Å². The highest BCUT2D eigenvalue weighted by atomic mass is 16.1. The van der Waals surface area contributed by atoms with Gasteiger partial charge in [0, 0.05) is 37.3 Å². The highest BCUT2D eigenvalue weighted by Crippen LogP contribution is 2.41. The van der Waals surface area contributed by atoms with Gasteiger partial charge in [-0.25, -0.2) is 0 Å². The van der Waals surface area contributed by atoms with Crippen LogP contribution in [0, 0.1) is 24.7 Å². The molecule has 4 nitrogen and oxygen atoms in total. The van der Waals surface area contributed by atoms with Crippen molar-refractivity contribution in [2.75, 3.05) is 24.5 Å². The molecule has 0 heterocycles. The van der Waals surface area contributed by atoms with Crippen molar-refractivity contribution in [3.05, 3.63) is 29.8 Å². The lowest BCUT2D eigenvalue weighted by Crippen LogP contribution is -2.49. The summed E-state index contributed by atoms with van der Waals surface area (Å²) in [6, 6.07) is 8.88. The number of likely N-dealkylation sites (N-methyl/N-ethyl adjacent to an activating group) is 1. The van der Waals surface area contributed by atoms with Gasteiger partial charge in [0.25, 0.3) is 0 Å². The van der Waals surface area contributed by atoms with Crippen LogP contribution in [0.1, 0.15) is 44.6 Å². The van der Waals surface area contributed by atoms with E-state index in [1.807, 2.05) is 0 Å². The number of nitrogens with one attached hydrogen (secondary N) is 1. The molecular formula is C21H33N3O. The van der Waals surface area contributed by atoms with Crippen molar-refractivity contribution in [1.82, 2.24) is 5.32 Å². The standard InChI is InChI=1S/C21H33N3O/c1-3-24(19-9-4-6-15(2)12-19)11-10-23-21(25)18-13-16-7-5-8-17(14-18)20(16)22/h4,6,9,12,16-18,20H,3,5,7-8,10-11,13-14,22H2,1-2H3,(H,23,25). The number of amides is 1. The molecule has 2 aliphatic carbocycles. The Labute approximate surface area is 152 Å². The van der Waals surface area contributed by atoms with Gasteiger partial charge in [-0.2, -0.15) is 0 Å². The molecule has 2 aliphatic rings. The normalized spacial score (nSPS) is 28.4. The molecule has 25 heavy (non-hydrogen) atoms. The summed E-state index contributed by atoms with van der Waals surface area (Å²) in [5.74, 6) is 1.53. The van der Waals surface area contributed by atoms with E-state index in [0.29, 0.717) is 24.4 Å². The first-order valence-corrected chi connectivity index (χ1v) is 9.93. The summed E-state index contributed by atoms with van der Waals surface area (Å²) in [5.41, 5.74) is 8.84.